The Labute approximate surface area is 215 Å². The summed E-state index contributed by atoms with van der Waals surface area (Å²) < 4.78 is 13.5. The van der Waals surface area contributed by atoms with E-state index in [4.69, 9.17) is 19.6 Å². The zero-order valence-corrected chi connectivity index (χ0v) is 20.9. The Balaban J connectivity index is 1.53. The van der Waals surface area contributed by atoms with Crippen LogP contribution in [0.2, 0.25) is 0 Å². The Kier molecular flexibility index (Phi) is 5.80. The van der Waals surface area contributed by atoms with Crippen molar-refractivity contribution in [2.24, 2.45) is 15.4 Å². The van der Waals surface area contributed by atoms with E-state index in [9.17, 15) is 0 Å². The maximum Gasteiger partial charge on any atom is 0.253 e. The monoisotopic (exact) mass is 493 g/mol. The van der Waals surface area contributed by atoms with Gasteiger partial charge in [0.05, 0.1) is 30.8 Å². The van der Waals surface area contributed by atoms with Gasteiger partial charge in [-0.1, -0.05) is 49.4 Å². The predicted octanol–water partition coefficient (Wildman–Crippen LogP) is 6.17. The van der Waals surface area contributed by atoms with Crippen LogP contribution in [0.15, 0.2) is 94.3 Å². The molecule has 0 amide bonds. The summed E-state index contributed by atoms with van der Waals surface area (Å²) in [7, 11) is 1.66. The first-order valence-corrected chi connectivity index (χ1v) is 12.3. The Hall–Kier alpha value is -4.66. The third-order valence-electron chi connectivity index (χ3n) is 6.39. The molecule has 2 aliphatic heterocycles. The largest absolute Gasteiger partial charge is 0.493 e. The molecule has 0 fully saturated rings. The quantitative estimate of drug-likeness (QED) is 0.307. The molecule has 3 aromatic carbocycles. The molecule has 9 heteroatoms. The highest BCUT2D eigenvalue weighted by Crippen LogP contribution is 2.46. The van der Waals surface area contributed by atoms with Gasteiger partial charge >= 0.3 is 0 Å². The number of methoxy groups -OCH3 is 1. The van der Waals surface area contributed by atoms with E-state index in [0.717, 1.165) is 40.4 Å². The second-order valence-corrected chi connectivity index (χ2v) is 8.81. The van der Waals surface area contributed by atoms with Crippen molar-refractivity contribution >= 4 is 17.5 Å². The SMILES string of the molecule is CCCOc1ccc([C@H]2c3c(C)nn(-c4ccccc4)c3N=C3N(c4ccccc4)N=NN32)cc1OC. The molecule has 37 heavy (non-hydrogen) atoms. The van der Waals surface area contributed by atoms with Crippen molar-refractivity contribution in [3.05, 3.63) is 95.7 Å². The number of anilines is 1. The van der Waals surface area contributed by atoms with E-state index < -0.39 is 0 Å². The average Bonchev–Trinajstić information content (AvgIpc) is 3.52. The van der Waals surface area contributed by atoms with Crippen molar-refractivity contribution in [3.63, 3.8) is 0 Å². The van der Waals surface area contributed by atoms with Crippen LogP contribution in [0.5, 0.6) is 11.5 Å². The number of aromatic nitrogens is 2. The van der Waals surface area contributed by atoms with Gasteiger partial charge in [0.25, 0.3) is 5.96 Å². The number of para-hydroxylation sites is 2. The molecule has 0 aliphatic carbocycles. The number of hydrogen-bond acceptors (Lipinski definition) is 8. The van der Waals surface area contributed by atoms with Crippen LogP contribution in [0.4, 0.5) is 11.5 Å². The van der Waals surface area contributed by atoms with Crippen molar-refractivity contribution in [2.45, 2.75) is 26.3 Å². The molecule has 0 bridgehead atoms. The van der Waals surface area contributed by atoms with Crippen molar-refractivity contribution in [1.29, 1.82) is 0 Å². The first-order chi connectivity index (χ1) is 18.2. The lowest BCUT2D eigenvalue weighted by Crippen LogP contribution is -2.38. The van der Waals surface area contributed by atoms with Crippen molar-refractivity contribution in [3.8, 4) is 17.2 Å². The Morgan fingerprint density at radius 1 is 0.865 bits per heavy atom. The number of benzene rings is 3. The van der Waals surface area contributed by atoms with Crippen molar-refractivity contribution in [2.75, 3.05) is 18.7 Å². The summed E-state index contributed by atoms with van der Waals surface area (Å²) >= 11 is 0. The molecule has 2 aliphatic rings. The van der Waals surface area contributed by atoms with E-state index in [1.165, 1.54) is 0 Å². The molecule has 1 aromatic heterocycles. The molecule has 0 saturated heterocycles. The molecule has 186 valence electrons. The molecule has 0 spiro atoms. The summed E-state index contributed by atoms with van der Waals surface area (Å²) in [6.07, 6.45) is 0.915. The predicted molar refractivity (Wildman–Crippen MR) is 142 cm³/mol. The molecule has 4 aromatic rings. The molecule has 6 rings (SSSR count). The second-order valence-electron chi connectivity index (χ2n) is 8.81. The zero-order valence-electron chi connectivity index (χ0n) is 20.9. The molecule has 0 unspecified atom stereocenters. The van der Waals surface area contributed by atoms with E-state index in [0.29, 0.717) is 24.1 Å². The number of rotatable bonds is 7. The van der Waals surface area contributed by atoms with Crippen LogP contribution in [0.1, 0.15) is 36.2 Å². The molecular weight excluding hydrogens is 466 g/mol. The van der Waals surface area contributed by atoms with Crippen LogP contribution in [-0.4, -0.2) is 34.5 Å². The minimum absolute atomic E-state index is 0.313. The average molecular weight is 494 g/mol. The normalized spacial score (nSPS) is 15.9. The minimum atomic E-state index is -0.313. The van der Waals surface area contributed by atoms with Crippen LogP contribution in [-0.2, 0) is 0 Å². The van der Waals surface area contributed by atoms with Gasteiger partial charge in [0.1, 0.15) is 6.04 Å². The fourth-order valence-electron chi connectivity index (χ4n) is 4.68. The first kappa shape index (κ1) is 22.8. The summed E-state index contributed by atoms with van der Waals surface area (Å²) in [5.74, 6) is 2.73. The highest BCUT2D eigenvalue weighted by molar-refractivity contribution is 5.99. The topological polar surface area (TPSA) is 79.8 Å². The molecule has 0 saturated carbocycles. The number of fused-ring (bicyclic) bond motifs is 2. The van der Waals surface area contributed by atoms with Crippen LogP contribution in [0.3, 0.4) is 0 Å². The number of guanidine groups is 1. The Morgan fingerprint density at radius 2 is 1.59 bits per heavy atom. The number of aliphatic imine (C=N–C) groups is 1. The van der Waals surface area contributed by atoms with Crippen LogP contribution in [0.25, 0.3) is 5.69 Å². The van der Waals surface area contributed by atoms with Crippen molar-refractivity contribution < 1.29 is 9.47 Å². The fraction of sp³-hybridized carbons (Fsp3) is 0.214. The van der Waals surface area contributed by atoms with Gasteiger partial charge < -0.3 is 9.47 Å². The molecular formula is C28H27N7O2. The van der Waals surface area contributed by atoms with Gasteiger partial charge in [0.15, 0.2) is 17.3 Å². The van der Waals surface area contributed by atoms with Crippen LogP contribution < -0.4 is 14.5 Å². The maximum absolute atomic E-state index is 5.91. The van der Waals surface area contributed by atoms with E-state index in [1.807, 2.05) is 95.5 Å². The number of ether oxygens (including phenoxy) is 2. The van der Waals surface area contributed by atoms with Gasteiger partial charge in [-0.15, -0.1) is 0 Å². The molecule has 3 heterocycles. The summed E-state index contributed by atoms with van der Waals surface area (Å²) in [6.45, 7) is 4.70. The summed E-state index contributed by atoms with van der Waals surface area (Å²) in [4.78, 5) is 5.06. The van der Waals surface area contributed by atoms with E-state index in [-0.39, 0.29) is 6.04 Å². The van der Waals surface area contributed by atoms with Crippen LogP contribution >= 0.6 is 0 Å². The number of hydrogen-bond donors (Lipinski definition) is 0. The lowest BCUT2D eigenvalue weighted by molar-refractivity contribution is 0.293. The minimum Gasteiger partial charge on any atom is -0.493 e. The fourth-order valence-corrected chi connectivity index (χ4v) is 4.68. The lowest BCUT2D eigenvalue weighted by atomic mass is 9.96. The molecule has 0 N–H and O–H groups in total. The van der Waals surface area contributed by atoms with Gasteiger partial charge in [-0.25, -0.2) is 4.68 Å². The summed E-state index contributed by atoms with van der Waals surface area (Å²) in [5.41, 5.74) is 4.61. The first-order valence-electron chi connectivity index (χ1n) is 12.3. The van der Waals surface area contributed by atoms with Gasteiger partial charge in [-0.05, 0) is 65.8 Å². The lowest BCUT2D eigenvalue weighted by Gasteiger charge is -2.31. The van der Waals surface area contributed by atoms with Gasteiger partial charge in [-0.2, -0.15) is 20.1 Å². The van der Waals surface area contributed by atoms with Gasteiger partial charge in [0.2, 0.25) is 0 Å². The summed E-state index contributed by atoms with van der Waals surface area (Å²) in [5, 5.41) is 17.6. The van der Waals surface area contributed by atoms with Crippen molar-refractivity contribution in [1.82, 2.24) is 14.8 Å². The number of aryl methyl sites for hydroxylation is 1. The van der Waals surface area contributed by atoms with Gasteiger partial charge in [0, 0.05) is 5.56 Å². The Bertz CT molecular complexity index is 1480. The summed E-state index contributed by atoms with van der Waals surface area (Å²) in [6, 6.07) is 25.6. The van der Waals surface area contributed by atoms with Gasteiger partial charge in [-0.3, -0.25) is 0 Å². The number of nitrogens with zero attached hydrogens (tertiary/aromatic N) is 7. The smallest absolute Gasteiger partial charge is 0.253 e. The molecule has 0 radical (unpaired) electrons. The third kappa shape index (κ3) is 3.88. The molecule has 1 atom stereocenters. The van der Waals surface area contributed by atoms with E-state index >= 15 is 0 Å². The standard InChI is InChI=1S/C28H27N7O2/c1-4-17-37-23-16-15-20(18-24(23)36-3)26-25-19(2)30-33(21-11-7-5-8-12-21)27(25)29-28-34(31-32-35(26)28)22-13-9-6-10-14-22/h5-16,18,26H,4,17H2,1-3H3/t26-/m0/s1. The Morgan fingerprint density at radius 3 is 2.30 bits per heavy atom. The van der Waals surface area contributed by atoms with E-state index in [1.54, 1.807) is 12.1 Å². The maximum atomic E-state index is 5.91. The zero-order chi connectivity index (χ0) is 25.4. The van der Waals surface area contributed by atoms with E-state index in [2.05, 4.69) is 17.4 Å². The third-order valence-corrected chi connectivity index (χ3v) is 6.39. The highest BCUT2D eigenvalue weighted by Gasteiger charge is 2.42. The molecule has 9 nitrogen and oxygen atoms in total. The highest BCUT2D eigenvalue weighted by atomic mass is 16.5. The second kappa shape index (κ2) is 9.42. The van der Waals surface area contributed by atoms with Crippen LogP contribution in [0, 0.1) is 6.92 Å².